The second-order valence-corrected chi connectivity index (χ2v) is 5.57. The summed E-state index contributed by atoms with van der Waals surface area (Å²) in [6.45, 7) is 0. The van der Waals surface area contributed by atoms with E-state index in [-0.39, 0.29) is 11.7 Å². The second-order valence-electron chi connectivity index (χ2n) is 3.78. The van der Waals surface area contributed by atoms with Crippen molar-refractivity contribution < 1.29 is 4.79 Å². The molecule has 5 nitrogen and oxygen atoms in total. The Kier molecular flexibility index (Phi) is 5.98. The number of carbonyl (C=O) groups excluding carboxylic acids is 1. The lowest BCUT2D eigenvalue weighted by atomic mass is 10.2. The molecule has 1 aromatic heterocycles. The van der Waals surface area contributed by atoms with Crippen LogP contribution in [0.1, 0.15) is 5.56 Å². The van der Waals surface area contributed by atoms with Crippen LogP contribution in [0.2, 0.25) is 10.0 Å². The highest BCUT2D eigenvalue weighted by Crippen LogP contribution is 2.19. The predicted molar refractivity (Wildman–Crippen MR) is 85.0 cm³/mol. The lowest BCUT2D eigenvalue weighted by Gasteiger charge is -2.00. The van der Waals surface area contributed by atoms with Crippen molar-refractivity contribution in [3.63, 3.8) is 0 Å². The number of hydrazone groups is 1. The van der Waals surface area contributed by atoms with Gasteiger partial charge in [-0.25, -0.2) is 15.4 Å². The van der Waals surface area contributed by atoms with Gasteiger partial charge in [0.2, 0.25) is 0 Å². The Morgan fingerprint density at radius 2 is 2.10 bits per heavy atom. The Hall–Kier alpha value is -1.63. The number of benzene rings is 1. The zero-order valence-corrected chi connectivity index (χ0v) is 13.0. The molecular weight excluding hydrogens is 331 g/mol. The van der Waals surface area contributed by atoms with Crippen LogP contribution in [0.5, 0.6) is 0 Å². The van der Waals surface area contributed by atoms with Crippen molar-refractivity contribution in [3.05, 3.63) is 52.3 Å². The van der Waals surface area contributed by atoms with Gasteiger partial charge in [0.05, 0.1) is 17.0 Å². The molecule has 0 unspecified atom stereocenters. The minimum atomic E-state index is -0.256. The second kappa shape index (κ2) is 7.97. The number of halogens is 2. The first-order valence-corrected chi connectivity index (χ1v) is 7.56. The minimum Gasteiger partial charge on any atom is -0.272 e. The quantitative estimate of drug-likeness (QED) is 0.393. The molecule has 0 aliphatic rings. The molecule has 0 fully saturated rings. The number of thioether (sulfide) groups is 1. The molecule has 108 valence electrons. The Bertz CT molecular complexity index is 652. The highest BCUT2D eigenvalue weighted by Gasteiger charge is 2.03. The number of nitrogens with zero attached hydrogens (tertiary/aromatic N) is 3. The molecule has 0 bridgehead atoms. The van der Waals surface area contributed by atoms with Gasteiger partial charge in [-0.2, -0.15) is 5.10 Å². The maximum absolute atomic E-state index is 11.6. The van der Waals surface area contributed by atoms with E-state index in [1.165, 1.54) is 18.0 Å². The molecule has 1 aromatic carbocycles. The summed E-state index contributed by atoms with van der Waals surface area (Å²) in [6.07, 6.45) is 4.70. The number of aromatic nitrogens is 2. The molecule has 0 aliphatic carbocycles. The number of rotatable bonds is 5. The smallest absolute Gasteiger partial charge is 0.250 e. The summed E-state index contributed by atoms with van der Waals surface area (Å²) in [5.74, 6) is -0.0795. The Morgan fingerprint density at radius 3 is 2.81 bits per heavy atom. The van der Waals surface area contributed by atoms with Crippen LogP contribution in [0.3, 0.4) is 0 Å². The topological polar surface area (TPSA) is 67.2 Å². The van der Waals surface area contributed by atoms with Crippen molar-refractivity contribution in [2.24, 2.45) is 5.10 Å². The maximum atomic E-state index is 11.6. The largest absolute Gasteiger partial charge is 0.272 e. The predicted octanol–water partition coefficient (Wildman–Crippen LogP) is 3.03. The van der Waals surface area contributed by atoms with Gasteiger partial charge in [0, 0.05) is 23.0 Å². The van der Waals surface area contributed by atoms with E-state index in [0.717, 1.165) is 0 Å². The minimum absolute atomic E-state index is 0.176. The van der Waals surface area contributed by atoms with E-state index >= 15 is 0 Å². The molecule has 0 radical (unpaired) electrons. The molecule has 0 saturated carbocycles. The van der Waals surface area contributed by atoms with Crippen molar-refractivity contribution in [1.29, 1.82) is 0 Å². The van der Waals surface area contributed by atoms with Gasteiger partial charge < -0.3 is 0 Å². The molecule has 2 aromatic rings. The molecule has 1 N–H and O–H groups in total. The summed E-state index contributed by atoms with van der Waals surface area (Å²) in [4.78, 5) is 19.6. The number of amides is 1. The van der Waals surface area contributed by atoms with E-state index in [4.69, 9.17) is 23.2 Å². The number of nitrogens with one attached hydrogen (secondary N) is 1. The van der Waals surface area contributed by atoms with Crippen LogP contribution in [0.15, 0.2) is 46.9 Å². The highest BCUT2D eigenvalue weighted by atomic mass is 35.5. The highest BCUT2D eigenvalue weighted by molar-refractivity contribution is 7.99. The third kappa shape index (κ3) is 5.34. The fourth-order valence-electron chi connectivity index (χ4n) is 1.30. The lowest BCUT2D eigenvalue weighted by molar-refractivity contribution is -0.118. The van der Waals surface area contributed by atoms with Crippen LogP contribution in [-0.2, 0) is 4.79 Å². The molecule has 2 rings (SSSR count). The van der Waals surface area contributed by atoms with Crippen molar-refractivity contribution in [1.82, 2.24) is 15.4 Å². The Balaban J connectivity index is 1.82. The van der Waals surface area contributed by atoms with Crippen molar-refractivity contribution in [2.45, 2.75) is 5.16 Å². The summed E-state index contributed by atoms with van der Waals surface area (Å²) in [5, 5.41) is 5.38. The SMILES string of the molecule is O=C(CSc1ncccn1)N/N=C/c1ccc(Cl)cc1Cl. The average molecular weight is 341 g/mol. The van der Waals surface area contributed by atoms with Gasteiger partial charge in [-0.1, -0.05) is 41.0 Å². The van der Waals surface area contributed by atoms with E-state index < -0.39 is 0 Å². The first kappa shape index (κ1) is 15.8. The van der Waals surface area contributed by atoms with E-state index in [1.54, 1.807) is 36.7 Å². The van der Waals surface area contributed by atoms with Gasteiger partial charge in [-0.05, 0) is 18.2 Å². The number of hydrogen-bond acceptors (Lipinski definition) is 5. The number of carbonyl (C=O) groups is 1. The third-order valence-electron chi connectivity index (χ3n) is 2.23. The van der Waals surface area contributed by atoms with Gasteiger partial charge in [0.1, 0.15) is 0 Å². The normalized spacial score (nSPS) is 10.8. The van der Waals surface area contributed by atoms with Crippen molar-refractivity contribution in [2.75, 3.05) is 5.75 Å². The first-order valence-electron chi connectivity index (χ1n) is 5.82. The summed E-state index contributed by atoms with van der Waals surface area (Å²) in [6, 6.07) is 6.73. The fourth-order valence-corrected chi connectivity index (χ4v) is 2.36. The molecule has 0 aliphatic heterocycles. The molecule has 0 spiro atoms. The average Bonchev–Trinajstić information content (AvgIpc) is 2.48. The molecule has 0 saturated heterocycles. The summed E-state index contributed by atoms with van der Waals surface area (Å²) in [5.41, 5.74) is 3.07. The fraction of sp³-hybridized carbons (Fsp3) is 0.0769. The van der Waals surface area contributed by atoms with Crippen LogP contribution in [0, 0.1) is 0 Å². The van der Waals surface area contributed by atoms with Crippen LogP contribution in [0.25, 0.3) is 0 Å². The maximum Gasteiger partial charge on any atom is 0.250 e. The number of hydrogen-bond donors (Lipinski definition) is 1. The molecule has 1 amide bonds. The Labute approximate surface area is 135 Å². The zero-order valence-electron chi connectivity index (χ0n) is 10.7. The monoisotopic (exact) mass is 340 g/mol. The van der Waals surface area contributed by atoms with Gasteiger partial charge in [0.15, 0.2) is 5.16 Å². The van der Waals surface area contributed by atoms with E-state index in [1.807, 2.05) is 0 Å². The standard InChI is InChI=1S/C13H10Cl2N4OS/c14-10-3-2-9(11(15)6-10)7-18-19-12(20)8-21-13-16-4-1-5-17-13/h1-7H,8H2,(H,19,20)/b18-7+. The van der Waals surface area contributed by atoms with Crippen LogP contribution >= 0.6 is 35.0 Å². The van der Waals surface area contributed by atoms with Crippen molar-refractivity contribution in [3.8, 4) is 0 Å². The molecule has 0 atom stereocenters. The molecule has 21 heavy (non-hydrogen) atoms. The van der Waals surface area contributed by atoms with Gasteiger partial charge in [-0.15, -0.1) is 0 Å². The van der Waals surface area contributed by atoms with E-state index in [2.05, 4.69) is 20.5 Å². The van der Waals surface area contributed by atoms with Crippen LogP contribution in [0.4, 0.5) is 0 Å². The van der Waals surface area contributed by atoms with E-state index in [9.17, 15) is 4.79 Å². The summed E-state index contributed by atoms with van der Waals surface area (Å²) in [7, 11) is 0. The zero-order chi connectivity index (χ0) is 15.1. The first-order chi connectivity index (χ1) is 10.1. The van der Waals surface area contributed by atoms with E-state index in [0.29, 0.717) is 20.8 Å². The lowest BCUT2D eigenvalue weighted by Crippen LogP contribution is -2.19. The van der Waals surface area contributed by atoms with Gasteiger partial charge in [0.25, 0.3) is 5.91 Å². The molecular formula is C13H10Cl2N4OS. The van der Waals surface area contributed by atoms with Gasteiger partial charge in [-0.3, -0.25) is 4.79 Å². The van der Waals surface area contributed by atoms with Crippen LogP contribution < -0.4 is 5.43 Å². The third-order valence-corrected chi connectivity index (χ3v) is 3.67. The van der Waals surface area contributed by atoms with Crippen molar-refractivity contribution >= 4 is 47.1 Å². The summed E-state index contributed by atoms with van der Waals surface area (Å²) < 4.78 is 0. The van der Waals surface area contributed by atoms with Crippen LogP contribution in [-0.4, -0.2) is 27.8 Å². The van der Waals surface area contributed by atoms with Gasteiger partial charge >= 0.3 is 0 Å². The summed E-state index contributed by atoms with van der Waals surface area (Å²) >= 11 is 13.0. The molecule has 1 heterocycles. The molecule has 8 heteroatoms. The Morgan fingerprint density at radius 1 is 1.33 bits per heavy atom.